The van der Waals surface area contributed by atoms with E-state index in [0.717, 1.165) is 52.9 Å². The first-order chi connectivity index (χ1) is 28.2. The first-order valence-electron chi connectivity index (χ1n) is 19.7. The minimum atomic E-state index is -1.02. The van der Waals surface area contributed by atoms with Gasteiger partial charge >= 0.3 is 0 Å². The predicted octanol–water partition coefficient (Wildman–Crippen LogP) is 4.21. The van der Waals surface area contributed by atoms with E-state index in [1.54, 1.807) is 36.5 Å². The Labute approximate surface area is 332 Å². The summed E-state index contributed by atoms with van der Waals surface area (Å²) < 4.78 is 15.9. The summed E-state index contributed by atoms with van der Waals surface area (Å²) in [6.07, 6.45) is 4.74. The highest BCUT2D eigenvalue weighted by Crippen LogP contribution is 2.36. The number of carbonyl (C=O) groups is 5. The molecule has 3 fully saturated rings. The summed E-state index contributed by atoms with van der Waals surface area (Å²) in [5, 5.41) is 10.4. The molecule has 0 aliphatic carbocycles. The van der Waals surface area contributed by atoms with Crippen LogP contribution in [0.2, 0.25) is 0 Å². The van der Waals surface area contributed by atoms with Gasteiger partial charge in [-0.1, -0.05) is 18.2 Å². The molecule has 5 amide bonds. The second-order valence-electron chi connectivity index (χ2n) is 15.0. The molecule has 16 heteroatoms. The Morgan fingerprint density at radius 1 is 0.845 bits per heavy atom. The number of nitrogens with one attached hydrogen (secondary N) is 2. The van der Waals surface area contributed by atoms with Gasteiger partial charge in [-0.05, 0) is 85.8 Å². The highest BCUT2D eigenvalue weighted by molar-refractivity contribution is 6.23. The largest absolute Gasteiger partial charge is 0.385 e. The molecule has 2 aromatic carbocycles. The molecule has 9 rings (SSSR count). The van der Waals surface area contributed by atoms with Gasteiger partial charge in [0.1, 0.15) is 29.2 Å². The number of imide groups is 2. The fourth-order valence-corrected chi connectivity index (χ4v) is 8.43. The van der Waals surface area contributed by atoms with Crippen molar-refractivity contribution in [3.05, 3.63) is 102 Å². The third-order valence-electron chi connectivity index (χ3n) is 11.4. The first-order valence-corrected chi connectivity index (χ1v) is 19.7. The Kier molecular flexibility index (Phi) is 9.75. The van der Waals surface area contributed by atoms with Crippen LogP contribution in [-0.2, 0) is 14.4 Å². The number of piperidine rings is 1. The van der Waals surface area contributed by atoms with Crippen molar-refractivity contribution in [1.82, 2.24) is 34.7 Å². The number of rotatable bonds is 10. The summed E-state index contributed by atoms with van der Waals surface area (Å²) in [5.74, 6) is -0.769. The number of nitrogens with zero attached hydrogens (tertiary/aromatic N) is 8. The zero-order valence-electron chi connectivity index (χ0n) is 31.6. The number of amides is 5. The molecule has 0 saturated carbocycles. The molecule has 3 saturated heterocycles. The van der Waals surface area contributed by atoms with Crippen LogP contribution in [0, 0.1) is 5.82 Å². The lowest BCUT2D eigenvalue weighted by Gasteiger charge is -2.35. The van der Waals surface area contributed by atoms with E-state index in [-0.39, 0.29) is 41.7 Å². The maximum absolute atomic E-state index is 14.1. The van der Waals surface area contributed by atoms with E-state index < -0.39 is 29.7 Å². The highest BCUT2D eigenvalue weighted by atomic mass is 19.1. The summed E-state index contributed by atoms with van der Waals surface area (Å²) in [4.78, 5) is 80.1. The van der Waals surface area contributed by atoms with Crippen molar-refractivity contribution < 1.29 is 28.4 Å². The van der Waals surface area contributed by atoms with E-state index in [1.165, 1.54) is 6.07 Å². The Morgan fingerprint density at radius 3 is 2.50 bits per heavy atom. The average molecular weight is 785 g/mol. The Hall–Kier alpha value is -6.71. The highest BCUT2D eigenvalue weighted by Gasteiger charge is 2.44. The van der Waals surface area contributed by atoms with Crippen molar-refractivity contribution in [2.45, 2.75) is 50.6 Å². The second kappa shape index (κ2) is 15.3. The number of imidazole rings is 1. The first kappa shape index (κ1) is 36.9. The minimum absolute atomic E-state index is 0.0387. The summed E-state index contributed by atoms with van der Waals surface area (Å²) in [5.41, 5.74) is 4.18. The predicted molar refractivity (Wildman–Crippen MR) is 212 cm³/mol. The molecule has 5 aromatic rings. The second-order valence-corrected chi connectivity index (χ2v) is 15.0. The number of carbonyl (C=O) groups excluding carboxylic acids is 5. The van der Waals surface area contributed by atoms with Gasteiger partial charge in [0.2, 0.25) is 17.7 Å². The van der Waals surface area contributed by atoms with E-state index in [1.807, 2.05) is 45.8 Å². The number of piperazine rings is 1. The van der Waals surface area contributed by atoms with Gasteiger partial charge in [-0.3, -0.25) is 34.2 Å². The van der Waals surface area contributed by atoms with Crippen molar-refractivity contribution in [2.75, 3.05) is 54.4 Å². The third-order valence-corrected chi connectivity index (χ3v) is 11.4. The molecule has 2 unspecified atom stereocenters. The van der Waals surface area contributed by atoms with Crippen LogP contribution in [0.15, 0.2) is 79.0 Å². The summed E-state index contributed by atoms with van der Waals surface area (Å²) >= 11 is 0. The van der Waals surface area contributed by atoms with Gasteiger partial charge in [0.05, 0.1) is 29.1 Å². The molecule has 3 aromatic heterocycles. The Morgan fingerprint density at radius 2 is 1.67 bits per heavy atom. The lowest BCUT2D eigenvalue weighted by molar-refractivity contribution is -0.136. The normalized spacial score (nSPS) is 19.6. The molecule has 4 aliphatic heterocycles. The number of hydrogen-bond acceptors (Lipinski definition) is 11. The Balaban J connectivity index is 0.781. The number of aromatic nitrogens is 4. The summed E-state index contributed by atoms with van der Waals surface area (Å²) in [6.45, 7) is 3.68. The van der Waals surface area contributed by atoms with Gasteiger partial charge in [0, 0.05) is 57.8 Å². The van der Waals surface area contributed by atoms with Crippen molar-refractivity contribution in [3.63, 3.8) is 0 Å². The molecule has 2 atom stereocenters. The van der Waals surface area contributed by atoms with Crippen LogP contribution in [0.1, 0.15) is 70.8 Å². The lowest BCUT2D eigenvalue weighted by Crippen LogP contribution is -2.54. The summed E-state index contributed by atoms with van der Waals surface area (Å²) in [7, 11) is 0. The van der Waals surface area contributed by atoms with Crippen molar-refractivity contribution >= 4 is 52.5 Å². The Bertz CT molecular complexity index is 2460. The van der Waals surface area contributed by atoms with Crippen molar-refractivity contribution in [1.29, 1.82) is 0 Å². The number of pyridine rings is 1. The van der Waals surface area contributed by atoms with Gasteiger partial charge in [0.15, 0.2) is 5.65 Å². The molecular weight excluding hydrogens is 744 g/mol. The number of anilines is 3. The number of benzene rings is 2. The molecule has 0 spiro atoms. The van der Waals surface area contributed by atoms with Crippen LogP contribution in [-0.4, -0.2) is 104 Å². The molecule has 58 heavy (non-hydrogen) atoms. The van der Waals surface area contributed by atoms with Crippen LogP contribution in [0.4, 0.5) is 21.7 Å². The van der Waals surface area contributed by atoms with Crippen LogP contribution in [0.25, 0.3) is 17.0 Å². The van der Waals surface area contributed by atoms with Gasteiger partial charge < -0.3 is 20.0 Å². The quantitative estimate of drug-likeness (QED) is 0.154. The van der Waals surface area contributed by atoms with Crippen LogP contribution < -0.4 is 20.4 Å². The molecule has 7 heterocycles. The van der Waals surface area contributed by atoms with Crippen molar-refractivity contribution in [2.24, 2.45) is 0 Å². The maximum Gasteiger partial charge on any atom is 0.262 e. The molecular formula is C42H41FN10O5. The molecule has 4 aliphatic rings. The van der Waals surface area contributed by atoms with E-state index in [9.17, 15) is 28.4 Å². The van der Waals surface area contributed by atoms with Gasteiger partial charge in [0.25, 0.3) is 11.8 Å². The van der Waals surface area contributed by atoms with E-state index in [0.29, 0.717) is 56.9 Å². The standard InChI is InChI=1S/C42H41FN10O5/c43-27-6-1-5-26(23-27)32-8-4-18-51(32)37-15-14-35-45-25-34(53(35)48-37)31-7-2-9-36(46-31)49-19-21-50(22-20-49)39(55)10-3-17-44-28-11-12-29-30(24-28)42(58)52(41(29)57)33-13-16-38(54)47-40(33)56/h1-2,5-7,9,11-12,14-15,23-25,32-33,44H,3-4,8,10,13,16-22H2,(H,47,54,56). The zero-order chi connectivity index (χ0) is 39.9. The zero-order valence-corrected chi connectivity index (χ0v) is 31.6. The molecule has 2 N–H and O–H groups in total. The average Bonchev–Trinajstić information content (AvgIpc) is 3.96. The molecule has 296 valence electrons. The van der Waals surface area contributed by atoms with E-state index in [4.69, 9.17) is 10.1 Å². The molecule has 15 nitrogen and oxygen atoms in total. The van der Waals surface area contributed by atoms with Crippen LogP contribution in [0.3, 0.4) is 0 Å². The smallest absolute Gasteiger partial charge is 0.262 e. The molecule has 0 bridgehead atoms. The fourth-order valence-electron chi connectivity index (χ4n) is 8.43. The number of halogens is 1. The lowest BCUT2D eigenvalue weighted by atomic mass is 10.0. The number of fused-ring (bicyclic) bond motifs is 2. The minimum Gasteiger partial charge on any atom is -0.385 e. The van der Waals surface area contributed by atoms with E-state index >= 15 is 0 Å². The van der Waals surface area contributed by atoms with Crippen LogP contribution in [0.5, 0.6) is 0 Å². The van der Waals surface area contributed by atoms with Crippen LogP contribution >= 0.6 is 0 Å². The SMILES string of the molecule is O=C1CCC(N2C(=O)c3ccc(NCCCC(=O)N4CCN(c5cccc(-c6cnc7ccc(N8CCCC8c8cccc(F)c8)nn67)n5)CC4)cc3C2=O)C(=O)N1. The third kappa shape index (κ3) is 6.98. The maximum atomic E-state index is 14.1. The fraction of sp³-hybridized carbons (Fsp3) is 0.333. The van der Waals surface area contributed by atoms with Gasteiger partial charge in [-0.15, -0.1) is 5.10 Å². The summed E-state index contributed by atoms with van der Waals surface area (Å²) in [6, 6.07) is 20.4. The van der Waals surface area contributed by atoms with E-state index in [2.05, 4.69) is 25.4 Å². The monoisotopic (exact) mass is 784 g/mol. The molecule has 0 radical (unpaired) electrons. The number of hydrogen-bond donors (Lipinski definition) is 2. The van der Waals surface area contributed by atoms with Gasteiger partial charge in [-0.2, -0.15) is 0 Å². The topological polar surface area (TPSA) is 165 Å². The van der Waals surface area contributed by atoms with Gasteiger partial charge in [-0.25, -0.2) is 18.9 Å². The van der Waals surface area contributed by atoms with Crippen molar-refractivity contribution in [3.8, 4) is 11.4 Å².